The lowest BCUT2D eigenvalue weighted by Gasteiger charge is -2.38. The van der Waals surface area contributed by atoms with E-state index in [0.29, 0.717) is 5.11 Å². The Hall–Kier alpha value is -2.01. The summed E-state index contributed by atoms with van der Waals surface area (Å²) < 4.78 is 13.3. The summed E-state index contributed by atoms with van der Waals surface area (Å²) in [5.41, 5.74) is 2.15. The molecule has 1 aromatic carbocycles. The smallest absolute Gasteiger partial charge is 0.171 e. The van der Waals surface area contributed by atoms with E-state index in [4.69, 9.17) is 12.2 Å². The van der Waals surface area contributed by atoms with Gasteiger partial charge in [-0.05, 0) is 61.8 Å². The van der Waals surface area contributed by atoms with Gasteiger partial charge in [-0.15, -0.1) is 0 Å². The van der Waals surface area contributed by atoms with Crippen LogP contribution in [0.3, 0.4) is 0 Å². The fraction of sp³-hybridized carbons (Fsp3) is 0.400. The third kappa shape index (κ3) is 4.54. The van der Waals surface area contributed by atoms with Gasteiger partial charge in [-0.3, -0.25) is 0 Å². The molecule has 1 heterocycles. The summed E-state index contributed by atoms with van der Waals surface area (Å²) in [6.07, 6.45) is 5.84. The Bertz CT molecular complexity index is 724. The van der Waals surface area contributed by atoms with Gasteiger partial charge in [0.05, 0.1) is 0 Å². The van der Waals surface area contributed by atoms with E-state index in [-0.39, 0.29) is 11.2 Å². The number of benzene rings is 1. The largest absolute Gasteiger partial charge is 0.362 e. The number of anilines is 1. The molecule has 0 saturated heterocycles. The van der Waals surface area contributed by atoms with E-state index in [0.717, 1.165) is 30.9 Å². The van der Waals surface area contributed by atoms with Crippen molar-refractivity contribution in [2.24, 2.45) is 0 Å². The maximum Gasteiger partial charge on any atom is 0.171 e. The lowest BCUT2D eigenvalue weighted by atomic mass is 9.69. The van der Waals surface area contributed by atoms with Gasteiger partial charge < -0.3 is 10.6 Å². The van der Waals surface area contributed by atoms with Crippen molar-refractivity contribution in [1.29, 1.82) is 0 Å². The molecule has 25 heavy (non-hydrogen) atoms. The van der Waals surface area contributed by atoms with Crippen LogP contribution in [0.1, 0.15) is 43.4 Å². The SMILES string of the molecule is Cc1cccc(NC(=S)NCC2(c3ccc(F)cc3)CCCCC2)n1. The maximum atomic E-state index is 13.3. The fourth-order valence-electron chi connectivity index (χ4n) is 3.62. The minimum Gasteiger partial charge on any atom is -0.362 e. The summed E-state index contributed by atoms with van der Waals surface area (Å²) in [5.74, 6) is 0.558. The number of rotatable bonds is 4. The van der Waals surface area contributed by atoms with E-state index in [9.17, 15) is 4.39 Å². The first-order valence-electron chi connectivity index (χ1n) is 8.82. The van der Waals surface area contributed by atoms with E-state index < -0.39 is 0 Å². The van der Waals surface area contributed by atoms with Crippen LogP contribution in [0.2, 0.25) is 0 Å². The number of halogens is 1. The van der Waals surface area contributed by atoms with Crippen molar-refractivity contribution in [3.8, 4) is 0 Å². The van der Waals surface area contributed by atoms with Gasteiger partial charge in [0.25, 0.3) is 0 Å². The number of thiocarbonyl (C=S) groups is 1. The first kappa shape index (κ1) is 17.8. The van der Waals surface area contributed by atoms with Gasteiger partial charge in [0.15, 0.2) is 5.11 Å². The molecule has 0 aliphatic heterocycles. The Labute approximate surface area is 154 Å². The molecule has 2 aromatic rings. The summed E-state index contributed by atoms with van der Waals surface area (Å²) in [6.45, 7) is 2.70. The van der Waals surface area contributed by atoms with Crippen LogP contribution < -0.4 is 10.6 Å². The molecule has 2 N–H and O–H groups in total. The normalized spacial score (nSPS) is 16.2. The number of aromatic nitrogens is 1. The van der Waals surface area contributed by atoms with Crippen LogP contribution in [0.5, 0.6) is 0 Å². The minimum absolute atomic E-state index is 0.0116. The number of pyridine rings is 1. The second kappa shape index (κ2) is 7.91. The molecule has 0 atom stereocenters. The zero-order valence-electron chi connectivity index (χ0n) is 14.5. The predicted molar refractivity (Wildman–Crippen MR) is 104 cm³/mol. The predicted octanol–water partition coefficient (Wildman–Crippen LogP) is 4.72. The van der Waals surface area contributed by atoms with Gasteiger partial charge in [-0.1, -0.05) is 37.5 Å². The van der Waals surface area contributed by atoms with Crippen molar-refractivity contribution in [2.75, 3.05) is 11.9 Å². The highest BCUT2D eigenvalue weighted by molar-refractivity contribution is 7.80. The average Bonchev–Trinajstić information content (AvgIpc) is 2.61. The van der Waals surface area contributed by atoms with Gasteiger partial charge in [0, 0.05) is 17.7 Å². The van der Waals surface area contributed by atoms with E-state index in [1.807, 2.05) is 37.3 Å². The molecule has 1 aromatic heterocycles. The van der Waals surface area contributed by atoms with Crippen LogP contribution in [0.25, 0.3) is 0 Å². The second-order valence-electron chi connectivity index (χ2n) is 6.82. The van der Waals surface area contributed by atoms with Crippen molar-refractivity contribution < 1.29 is 4.39 Å². The molecule has 1 saturated carbocycles. The van der Waals surface area contributed by atoms with E-state index in [1.165, 1.54) is 24.8 Å². The quantitative estimate of drug-likeness (QED) is 0.777. The van der Waals surface area contributed by atoms with E-state index in [2.05, 4.69) is 15.6 Å². The van der Waals surface area contributed by atoms with Gasteiger partial charge >= 0.3 is 0 Å². The average molecular weight is 357 g/mol. The third-order valence-electron chi connectivity index (χ3n) is 4.98. The fourth-order valence-corrected chi connectivity index (χ4v) is 3.80. The summed E-state index contributed by atoms with van der Waals surface area (Å²) in [5, 5.41) is 7.08. The number of hydrogen-bond donors (Lipinski definition) is 2. The Kier molecular flexibility index (Phi) is 5.63. The molecule has 1 aliphatic rings. The van der Waals surface area contributed by atoms with Crippen molar-refractivity contribution in [1.82, 2.24) is 10.3 Å². The molecule has 0 spiro atoms. The number of aryl methyl sites for hydroxylation is 1. The van der Waals surface area contributed by atoms with Gasteiger partial charge in [0.2, 0.25) is 0 Å². The monoisotopic (exact) mass is 357 g/mol. The topological polar surface area (TPSA) is 37.0 Å². The zero-order valence-corrected chi connectivity index (χ0v) is 15.3. The molecule has 5 heteroatoms. The molecule has 1 aliphatic carbocycles. The lowest BCUT2D eigenvalue weighted by Crippen LogP contribution is -2.43. The van der Waals surface area contributed by atoms with Gasteiger partial charge in [-0.25, -0.2) is 9.37 Å². The second-order valence-corrected chi connectivity index (χ2v) is 7.23. The maximum absolute atomic E-state index is 13.3. The van der Waals surface area contributed by atoms with Crippen molar-refractivity contribution in [2.45, 2.75) is 44.4 Å². The molecular formula is C20H24FN3S. The molecular weight excluding hydrogens is 333 g/mol. The molecule has 3 rings (SSSR count). The third-order valence-corrected chi connectivity index (χ3v) is 5.23. The molecule has 3 nitrogen and oxygen atoms in total. The van der Waals surface area contributed by atoms with E-state index in [1.54, 1.807) is 12.1 Å². The van der Waals surface area contributed by atoms with Crippen LogP contribution in [0.15, 0.2) is 42.5 Å². The van der Waals surface area contributed by atoms with Gasteiger partial charge in [-0.2, -0.15) is 0 Å². The number of nitrogens with one attached hydrogen (secondary N) is 2. The van der Waals surface area contributed by atoms with Crippen LogP contribution in [0.4, 0.5) is 10.2 Å². The lowest BCUT2D eigenvalue weighted by molar-refractivity contribution is 0.292. The zero-order chi connectivity index (χ0) is 17.7. The standard InChI is InChI=1S/C20H24FN3S/c1-15-6-5-7-18(23-15)24-19(25)22-14-20(12-3-2-4-13-20)16-8-10-17(21)11-9-16/h5-11H,2-4,12-14H2,1H3,(H2,22,23,24,25). The highest BCUT2D eigenvalue weighted by Gasteiger charge is 2.33. The molecule has 1 fully saturated rings. The molecule has 0 radical (unpaired) electrons. The summed E-state index contributed by atoms with van der Waals surface area (Å²) >= 11 is 5.45. The Morgan fingerprint density at radius 3 is 2.52 bits per heavy atom. The molecule has 0 unspecified atom stereocenters. The van der Waals surface area contributed by atoms with Crippen LogP contribution in [-0.2, 0) is 5.41 Å². The van der Waals surface area contributed by atoms with Crippen molar-refractivity contribution >= 4 is 23.1 Å². The Balaban J connectivity index is 1.68. The summed E-state index contributed by atoms with van der Waals surface area (Å²) in [6, 6.07) is 12.7. The highest BCUT2D eigenvalue weighted by Crippen LogP contribution is 2.39. The van der Waals surface area contributed by atoms with Crippen LogP contribution >= 0.6 is 12.2 Å². The van der Waals surface area contributed by atoms with Crippen molar-refractivity contribution in [3.63, 3.8) is 0 Å². The van der Waals surface area contributed by atoms with E-state index >= 15 is 0 Å². The first-order valence-corrected chi connectivity index (χ1v) is 9.23. The summed E-state index contributed by atoms with van der Waals surface area (Å²) in [7, 11) is 0. The molecule has 0 amide bonds. The number of hydrogen-bond acceptors (Lipinski definition) is 2. The van der Waals surface area contributed by atoms with Crippen LogP contribution in [0, 0.1) is 12.7 Å². The van der Waals surface area contributed by atoms with Crippen LogP contribution in [-0.4, -0.2) is 16.6 Å². The summed E-state index contributed by atoms with van der Waals surface area (Å²) in [4.78, 5) is 4.41. The van der Waals surface area contributed by atoms with Gasteiger partial charge in [0.1, 0.15) is 11.6 Å². The molecule has 132 valence electrons. The Morgan fingerprint density at radius 1 is 1.12 bits per heavy atom. The molecule has 0 bridgehead atoms. The Morgan fingerprint density at radius 2 is 1.84 bits per heavy atom. The first-order chi connectivity index (χ1) is 12.1. The van der Waals surface area contributed by atoms with Crippen molar-refractivity contribution in [3.05, 3.63) is 59.5 Å². The minimum atomic E-state index is -0.189. The highest BCUT2D eigenvalue weighted by atomic mass is 32.1. The number of nitrogens with zero attached hydrogens (tertiary/aromatic N) is 1.